The molecule has 0 saturated heterocycles. The molecular formula is C32H28ClN3O5S. The van der Waals surface area contributed by atoms with Crippen LogP contribution in [0.15, 0.2) is 108 Å². The molecule has 0 unspecified atom stereocenters. The van der Waals surface area contributed by atoms with Gasteiger partial charge in [-0.15, -0.1) is 11.8 Å². The Morgan fingerprint density at radius 3 is 2.26 bits per heavy atom. The second-order valence-corrected chi connectivity index (χ2v) is 10.3. The lowest BCUT2D eigenvalue weighted by molar-refractivity contribution is -0.114. The van der Waals surface area contributed by atoms with Crippen molar-refractivity contribution in [2.45, 2.75) is 4.90 Å². The minimum absolute atomic E-state index is 0.00388. The van der Waals surface area contributed by atoms with Crippen molar-refractivity contribution in [2.75, 3.05) is 30.6 Å². The summed E-state index contributed by atoms with van der Waals surface area (Å²) < 4.78 is 10.9. The normalized spacial score (nSPS) is 10.9. The van der Waals surface area contributed by atoms with Crippen LogP contribution in [-0.2, 0) is 9.59 Å². The van der Waals surface area contributed by atoms with E-state index < -0.39 is 11.8 Å². The second-order valence-electron chi connectivity index (χ2n) is 8.79. The van der Waals surface area contributed by atoms with Gasteiger partial charge in [-0.2, -0.15) is 0 Å². The molecule has 214 valence electrons. The maximum atomic E-state index is 13.5. The van der Waals surface area contributed by atoms with Crippen LogP contribution >= 0.6 is 23.4 Å². The Morgan fingerprint density at radius 1 is 0.810 bits per heavy atom. The number of anilines is 2. The lowest BCUT2D eigenvalue weighted by Gasteiger charge is -2.14. The van der Waals surface area contributed by atoms with Crippen molar-refractivity contribution in [2.24, 2.45) is 0 Å². The molecular weight excluding hydrogens is 574 g/mol. The van der Waals surface area contributed by atoms with Gasteiger partial charge in [0.25, 0.3) is 11.8 Å². The Bertz CT molecular complexity index is 1590. The van der Waals surface area contributed by atoms with Crippen LogP contribution in [0.2, 0.25) is 5.02 Å². The minimum atomic E-state index is -0.549. The number of hydrogen-bond acceptors (Lipinski definition) is 6. The van der Waals surface area contributed by atoms with Gasteiger partial charge in [-0.3, -0.25) is 14.4 Å². The van der Waals surface area contributed by atoms with Crippen LogP contribution in [0.4, 0.5) is 11.4 Å². The Hall–Kier alpha value is -4.73. The van der Waals surface area contributed by atoms with Gasteiger partial charge in [0.1, 0.15) is 5.70 Å². The molecule has 42 heavy (non-hydrogen) atoms. The highest BCUT2D eigenvalue weighted by molar-refractivity contribution is 8.00. The quantitative estimate of drug-likeness (QED) is 0.134. The highest BCUT2D eigenvalue weighted by Crippen LogP contribution is 2.32. The summed E-state index contributed by atoms with van der Waals surface area (Å²) in [6.45, 7) is 0. The number of halogens is 1. The van der Waals surface area contributed by atoms with Crippen molar-refractivity contribution >= 4 is 58.5 Å². The summed E-state index contributed by atoms with van der Waals surface area (Å²) in [7, 11) is 3.01. The van der Waals surface area contributed by atoms with Crippen LogP contribution in [0.1, 0.15) is 15.9 Å². The largest absolute Gasteiger partial charge is 0.493 e. The van der Waals surface area contributed by atoms with Crippen molar-refractivity contribution in [3.63, 3.8) is 0 Å². The summed E-state index contributed by atoms with van der Waals surface area (Å²) in [5.41, 5.74) is 2.06. The number of carbonyl (C=O) groups is 3. The third-order valence-electron chi connectivity index (χ3n) is 5.85. The maximum Gasteiger partial charge on any atom is 0.272 e. The molecule has 0 bridgehead atoms. The molecule has 0 aliphatic heterocycles. The number of rotatable bonds is 11. The van der Waals surface area contributed by atoms with Crippen molar-refractivity contribution in [3.8, 4) is 11.5 Å². The van der Waals surface area contributed by atoms with E-state index in [1.807, 2.05) is 6.07 Å². The Balaban J connectivity index is 1.51. The summed E-state index contributed by atoms with van der Waals surface area (Å²) in [6.07, 6.45) is 1.53. The van der Waals surface area contributed by atoms with Gasteiger partial charge in [-0.1, -0.05) is 48.0 Å². The Morgan fingerprint density at radius 2 is 1.55 bits per heavy atom. The zero-order chi connectivity index (χ0) is 29.9. The molecule has 3 N–H and O–H groups in total. The molecule has 0 atom stereocenters. The summed E-state index contributed by atoms with van der Waals surface area (Å²) in [4.78, 5) is 39.7. The van der Waals surface area contributed by atoms with Crippen molar-refractivity contribution in [3.05, 3.63) is 119 Å². The molecule has 0 saturated carbocycles. The Labute approximate surface area is 253 Å². The van der Waals surface area contributed by atoms with E-state index in [9.17, 15) is 14.4 Å². The van der Waals surface area contributed by atoms with E-state index in [1.165, 1.54) is 32.1 Å². The van der Waals surface area contributed by atoms with E-state index in [4.69, 9.17) is 21.1 Å². The van der Waals surface area contributed by atoms with Gasteiger partial charge in [0, 0.05) is 32.4 Å². The molecule has 3 amide bonds. The van der Waals surface area contributed by atoms with Gasteiger partial charge in [-0.05, 0) is 66.7 Å². The molecule has 0 spiro atoms. The number of nitrogens with one attached hydrogen (secondary N) is 3. The number of methoxy groups -OCH3 is 2. The number of hydrogen-bond donors (Lipinski definition) is 3. The molecule has 0 aliphatic carbocycles. The molecule has 0 heterocycles. The monoisotopic (exact) mass is 601 g/mol. The van der Waals surface area contributed by atoms with Crippen LogP contribution < -0.4 is 25.4 Å². The SMILES string of the molecule is COc1cccc(/C=C(/NC(=O)c2ccccc2)C(=O)Nc2cccc(SCC(=O)Nc3ccc(Cl)cc3)c2)c1OC. The minimum Gasteiger partial charge on any atom is -0.493 e. The van der Waals surface area contributed by atoms with Crippen LogP contribution in [0, 0.1) is 0 Å². The van der Waals surface area contributed by atoms with Gasteiger partial charge >= 0.3 is 0 Å². The molecule has 4 aromatic carbocycles. The zero-order valence-corrected chi connectivity index (χ0v) is 24.4. The van der Waals surface area contributed by atoms with Crippen LogP contribution in [0.3, 0.4) is 0 Å². The maximum absolute atomic E-state index is 13.5. The lowest BCUT2D eigenvalue weighted by atomic mass is 10.1. The van der Waals surface area contributed by atoms with Crippen molar-refractivity contribution < 1.29 is 23.9 Å². The first-order chi connectivity index (χ1) is 20.4. The number of thioether (sulfide) groups is 1. The summed E-state index contributed by atoms with van der Waals surface area (Å²) in [5, 5.41) is 8.96. The molecule has 0 aliphatic rings. The molecule has 4 aromatic rings. The molecule has 0 radical (unpaired) electrons. The van der Waals surface area contributed by atoms with Crippen LogP contribution in [-0.4, -0.2) is 37.7 Å². The smallest absolute Gasteiger partial charge is 0.272 e. The molecule has 0 aromatic heterocycles. The molecule has 10 heteroatoms. The summed E-state index contributed by atoms with van der Waals surface area (Å²) in [6, 6.07) is 27.8. The Kier molecular flexibility index (Phi) is 10.6. The number of para-hydroxylation sites is 1. The van der Waals surface area contributed by atoms with E-state index in [1.54, 1.807) is 91.0 Å². The van der Waals surface area contributed by atoms with Gasteiger partial charge in [0.2, 0.25) is 5.91 Å². The lowest BCUT2D eigenvalue weighted by Crippen LogP contribution is -2.30. The highest BCUT2D eigenvalue weighted by atomic mass is 35.5. The number of ether oxygens (including phenoxy) is 2. The molecule has 0 fully saturated rings. The molecule has 8 nitrogen and oxygen atoms in total. The standard InChI is InChI=1S/C32H28ClN3O5S/c1-40-28-13-6-10-22(30(28)41-2)18-27(36-31(38)21-8-4-3-5-9-21)32(39)35-25-11-7-12-26(19-25)42-20-29(37)34-24-16-14-23(33)15-17-24/h3-19H,20H2,1-2H3,(H,34,37)(H,35,39)(H,36,38)/b27-18+. The van der Waals surface area contributed by atoms with Crippen LogP contribution in [0.5, 0.6) is 11.5 Å². The first-order valence-corrected chi connectivity index (χ1v) is 14.1. The van der Waals surface area contributed by atoms with E-state index in [0.29, 0.717) is 39.0 Å². The first-order valence-electron chi connectivity index (χ1n) is 12.7. The van der Waals surface area contributed by atoms with Gasteiger partial charge in [-0.25, -0.2) is 0 Å². The fourth-order valence-corrected chi connectivity index (χ4v) is 4.75. The summed E-state index contributed by atoms with van der Waals surface area (Å²) >= 11 is 7.21. The third-order valence-corrected chi connectivity index (χ3v) is 7.10. The van der Waals surface area contributed by atoms with Crippen LogP contribution in [0.25, 0.3) is 6.08 Å². The van der Waals surface area contributed by atoms with E-state index in [2.05, 4.69) is 16.0 Å². The van der Waals surface area contributed by atoms with Gasteiger partial charge < -0.3 is 25.4 Å². The average Bonchev–Trinajstić information content (AvgIpc) is 3.01. The predicted molar refractivity (Wildman–Crippen MR) is 167 cm³/mol. The van der Waals surface area contributed by atoms with E-state index in [0.717, 1.165) is 4.90 Å². The number of amides is 3. The predicted octanol–water partition coefficient (Wildman–Crippen LogP) is 6.50. The van der Waals surface area contributed by atoms with E-state index in [-0.39, 0.29) is 17.4 Å². The van der Waals surface area contributed by atoms with Gasteiger partial charge in [0.15, 0.2) is 11.5 Å². The number of benzene rings is 4. The van der Waals surface area contributed by atoms with Gasteiger partial charge in [0.05, 0.1) is 20.0 Å². The van der Waals surface area contributed by atoms with Crippen molar-refractivity contribution in [1.29, 1.82) is 0 Å². The molecule has 4 rings (SSSR count). The fraction of sp³-hybridized carbons (Fsp3) is 0.0938. The second kappa shape index (κ2) is 14.8. The third kappa shape index (κ3) is 8.39. The topological polar surface area (TPSA) is 106 Å². The fourth-order valence-electron chi connectivity index (χ4n) is 3.86. The van der Waals surface area contributed by atoms with E-state index >= 15 is 0 Å². The average molecular weight is 602 g/mol. The highest BCUT2D eigenvalue weighted by Gasteiger charge is 2.17. The first kappa shape index (κ1) is 30.2. The van der Waals surface area contributed by atoms with Crippen molar-refractivity contribution in [1.82, 2.24) is 5.32 Å². The number of carbonyl (C=O) groups excluding carboxylic acids is 3. The summed E-state index contributed by atoms with van der Waals surface area (Å²) in [5.74, 6) is -0.132. The zero-order valence-electron chi connectivity index (χ0n) is 22.8.